The lowest BCUT2D eigenvalue weighted by Gasteiger charge is -2.45. The van der Waals surface area contributed by atoms with Crippen LogP contribution in [-0.2, 0) is 38.0 Å². The van der Waals surface area contributed by atoms with Crippen molar-refractivity contribution in [2.24, 2.45) is 4.99 Å². The molecule has 0 N–H and O–H groups in total. The molecule has 0 spiro atoms. The lowest BCUT2D eigenvalue weighted by molar-refractivity contribution is -0.308. The van der Waals surface area contributed by atoms with Crippen molar-refractivity contribution in [1.82, 2.24) is 0 Å². The second-order valence-corrected chi connectivity index (χ2v) is 17.8. The third kappa shape index (κ3) is 13.5. The van der Waals surface area contributed by atoms with E-state index in [1.54, 1.807) is 91.9 Å². The number of hydrogen-bond donors (Lipinski definition) is 0. The summed E-state index contributed by atoms with van der Waals surface area (Å²) in [5, 5.41) is 0. The summed E-state index contributed by atoms with van der Waals surface area (Å²) in [5.41, 5.74) is 3.69. The molecule has 0 radical (unpaired) electrons. The highest BCUT2D eigenvalue weighted by Crippen LogP contribution is 2.34. The average molecular weight is 1030 g/mol. The van der Waals surface area contributed by atoms with E-state index in [0.717, 1.165) is 0 Å². The fourth-order valence-electron chi connectivity index (χ4n) is 8.69. The Balaban J connectivity index is 1.17. The van der Waals surface area contributed by atoms with Gasteiger partial charge in [-0.15, -0.1) is 0 Å². The van der Waals surface area contributed by atoms with Gasteiger partial charge in [0.1, 0.15) is 12.7 Å². The smallest absolute Gasteiger partial charge is 0.338 e. The number of ether oxygens (including phenoxy) is 7. The van der Waals surface area contributed by atoms with Gasteiger partial charge in [0.05, 0.1) is 34.1 Å². The summed E-state index contributed by atoms with van der Waals surface area (Å²) in [6, 6.07) is 68.0. The maximum atomic E-state index is 15.4. The van der Waals surface area contributed by atoms with Gasteiger partial charge in [0.2, 0.25) is 0 Å². The average Bonchev–Trinajstić information content (AvgIpc) is 3.50. The monoisotopic (exact) mass is 1030 g/mol. The summed E-state index contributed by atoms with van der Waals surface area (Å²) < 4.78 is 44.9. The van der Waals surface area contributed by atoms with Crippen molar-refractivity contribution in [3.8, 4) is 0 Å². The normalized spacial score (nSPS) is 17.6. The van der Waals surface area contributed by atoms with Crippen molar-refractivity contribution < 1.29 is 57.1 Å². The van der Waals surface area contributed by atoms with Gasteiger partial charge in [-0.2, -0.15) is 0 Å². The van der Waals surface area contributed by atoms with Crippen LogP contribution < -0.4 is 0 Å². The Kier molecular flexibility index (Phi) is 17.6. The van der Waals surface area contributed by atoms with Crippen LogP contribution >= 0.6 is 0 Å². The first-order valence-corrected chi connectivity index (χ1v) is 25.0. The van der Waals surface area contributed by atoms with Gasteiger partial charge in [0, 0.05) is 11.1 Å². The molecule has 7 atom stereocenters. The summed E-state index contributed by atoms with van der Waals surface area (Å²) >= 11 is 0. The minimum Gasteiger partial charge on any atom is -0.459 e. The maximum absolute atomic E-state index is 15.4. The Labute approximate surface area is 445 Å². The third-order valence-corrected chi connectivity index (χ3v) is 12.6. The zero-order chi connectivity index (χ0) is 53.3. The Hall–Kier alpha value is -9.30. The van der Waals surface area contributed by atoms with Gasteiger partial charge >= 0.3 is 29.8 Å². The molecule has 0 amide bonds. The van der Waals surface area contributed by atoms with E-state index >= 15 is 4.79 Å². The van der Waals surface area contributed by atoms with Gasteiger partial charge in [-0.3, -0.25) is 4.99 Å². The molecule has 1 fully saturated rings. The standard InChI is InChI=1S/C64H53NO12/c1-43(53(65-54(44-26-10-2-11-27-44)45-28-12-3-13-29-45)63(70)74-55(46-30-14-4-15-31-46)47-32-16-5-17-33-47)72-64-58(77-62(69)51-40-24-9-25-41-51)57(76-61(68)50-38-22-8-23-39-50)56(75-60(67)49-36-20-7-21-37-49)52(73-64)42-71-59(66)48-34-18-6-19-35-48/h2-41,43,52-53,55-58,64H,42H2,1H3/t43-,52+,53+,56+,57-,58+,64+/m0/s1. The first-order valence-electron chi connectivity index (χ1n) is 25.0. The number of rotatable bonds is 19. The van der Waals surface area contributed by atoms with E-state index < -0.39 is 85.4 Å². The van der Waals surface area contributed by atoms with E-state index in [1.807, 2.05) is 121 Å². The van der Waals surface area contributed by atoms with Gasteiger partial charge in [0.25, 0.3) is 0 Å². The predicted molar refractivity (Wildman–Crippen MR) is 286 cm³/mol. The van der Waals surface area contributed by atoms with Crippen LogP contribution in [0.5, 0.6) is 0 Å². The van der Waals surface area contributed by atoms with Crippen LogP contribution in [0.15, 0.2) is 248 Å². The lowest BCUT2D eigenvalue weighted by Crippen LogP contribution is -2.63. The molecule has 1 aliphatic rings. The van der Waals surface area contributed by atoms with Crippen molar-refractivity contribution >= 4 is 35.6 Å². The molecule has 77 heavy (non-hydrogen) atoms. The largest absolute Gasteiger partial charge is 0.459 e. The molecule has 13 nitrogen and oxygen atoms in total. The number of carbonyl (C=O) groups excluding carboxylic acids is 5. The molecular formula is C64H53NO12. The Bertz CT molecular complexity index is 3140. The summed E-state index contributed by atoms with van der Waals surface area (Å²) in [7, 11) is 0. The van der Waals surface area contributed by atoms with Crippen molar-refractivity contribution in [3.05, 3.63) is 287 Å². The number of esters is 5. The fourth-order valence-corrected chi connectivity index (χ4v) is 8.69. The Morgan fingerprint density at radius 2 is 0.766 bits per heavy atom. The first kappa shape index (κ1) is 52.6. The molecule has 0 aliphatic carbocycles. The summed E-state index contributed by atoms with van der Waals surface area (Å²) in [6.07, 6.45) is -10.6. The molecule has 0 unspecified atom stereocenters. The molecular weight excluding hydrogens is 975 g/mol. The Morgan fingerprint density at radius 3 is 1.17 bits per heavy atom. The van der Waals surface area contributed by atoms with Gasteiger partial charge in [-0.25, -0.2) is 24.0 Å². The quantitative estimate of drug-likeness (QED) is 0.0429. The van der Waals surface area contributed by atoms with Crippen LogP contribution in [0.4, 0.5) is 0 Å². The Morgan fingerprint density at radius 1 is 0.429 bits per heavy atom. The van der Waals surface area contributed by atoms with Gasteiger partial charge in [0.15, 0.2) is 36.7 Å². The predicted octanol–water partition coefficient (Wildman–Crippen LogP) is 10.9. The highest BCUT2D eigenvalue weighted by molar-refractivity contribution is 6.13. The fraction of sp³-hybridized carbons (Fsp3) is 0.156. The van der Waals surface area contributed by atoms with E-state index in [1.165, 1.54) is 36.4 Å². The SMILES string of the molecule is C[C@H](O[C@@H]1O[C@H](COC(=O)c2ccccc2)[C@@H](OC(=O)c2ccccc2)[C@H](OC(=O)c2ccccc2)[C@H]1OC(=O)c1ccccc1)[C@@H](N=C(c1ccccc1)c1ccccc1)C(=O)OC(c1ccccc1)c1ccccc1. The van der Waals surface area contributed by atoms with Crippen molar-refractivity contribution in [3.63, 3.8) is 0 Å². The van der Waals surface area contributed by atoms with Crippen LogP contribution in [-0.4, -0.2) is 85.0 Å². The van der Waals surface area contributed by atoms with Crippen LogP contribution in [0.1, 0.15) is 76.7 Å². The van der Waals surface area contributed by atoms with E-state index in [2.05, 4.69) is 0 Å². The number of hydrogen-bond acceptors (Lipinski definition) is 13. The molecule has 13 heteroatoms. The van der Waals surface area contributed by atoms with Crippen LogP contribution in [0.2, 0.25) is 0 Å². The minimum absolute atomic E-state index is 0.107. The molecule has 9 rings (SSSR count). The molecule has 1 saturated heterocycles. The zero-order valence-corrected chi connectivity index (χ0v) is 41.8. The van der Waals surface area contributed by atoms with E-state index in [9.17, 15) is 19.2 Å². The topological polar surface area (TPSA) is 162 Å². The molecule has 386 valence electrons. The first-order chi connectivity index (χ1) is 37.7. The van der Waals surface area contributed by atoms with Crippen LogP contribution in [0.3, 0.4) is 0 Å². The van der Waals surface area contributed by atoms with Crippen molar-refractivity contribution in [2.75, 3.05) is 6.61 Å². The van der Waals surface area contributed by atoms with E-state index in [0.29, 0.717) is 28.0 Å². The third-order valence-electron chi connectivity index (χ3n) is 12.6. The van der Waals surface area contributed by atoms with Gasteiger partial charge < -0.3 is 33.2 Å². The van der Waals surface area contributed by atoms with Crippen LogP contribution in [0.25, 0.3) is 0 Å². The number of aliphatic imine (C=N–C) groups is 1. The molecule has 8 aromatic rings. The maximum Gasteiger partial charge on any atom is 0.338 e. The minimum atomic E-state index is -1.76. The summed E-state index contributed by atoms with van der Waals surface area (Å²) in [6.45, 7) is 0.985. The molecule has 0 aromatic heterocycles. The highest BCUT2D eigenvalue weighted by Gasteiger charge is 2.54. The second kappa shape index (κ2) is 25.8. The number of benzene rings is 8. The van der Waals surface area contributed by atoms with Gasteiger partial charge in [-0.05, 0) is 66.6 Å². The number of nitrogens with zero attached hydrogens (tertiary/aromatic N) is 1. The van der Waals surface area contributed by atoms with E-state index in [-0.39, 0.29) is 22.3 Å². The summed E-state index contributed by atoms with van der Waals surface area (Å²) in [4.78, 5) is 77.2. The highest BCUT2D eigenvalue weighted by atomic mass is 16.7. The van der Waals surface area contributed by atoms with Crippen molar-refractivity contribution in [1.29, 1.82) is 0 Å². The molecule has 1 aliphatic heterocycles. The number of carbonyl (C=O) groups is 5. The van der Waals surface area contributed by atoms with Gasteiger partial charge in [-0.1, -0.05) is 194 Å². The zero-order valence-electron chi connectivity index (χ0n) is 41.8. The molecule has 1 heterocycles. The molecule has 0 bridgehead atoms. The molecule has 8 aromatic carbocycles. The lowest BCUT2D eigenvalue weighted by atomic mass is 9.97. The van der Waals surface area contributed by atoms with Crippen molar-refractivity contribution in [2.45, 2.75) is 55.9 Å². The summed E-state index contributed by atoms with van der Waals surface area (Å²) in [5.74, 6) is -4.19. The van der Waals surface area contributed by atoms with E-state index in [4.69, 9.17) is 38.2 Å². The second-order valence-electron chi connectivity index (χ2n) is 17.8. The van der Waals surface area contributed by atoms with Crippen LogP contribution in [0, 0.1) is 0 Å². The molecule has 0 saturated carbocycles.